The summed E-state index contributed by atoms with van der Waals surface area (Å²) in [5.74, 6) is -1.44. The number of nitrogens with zero attached hydrogens (tertiary/aromatic N) is 3. The van der Waals surface area contributed by atoms with Gasteiger partial charge in [-0.2, -0.15) is 0 Å². The number of hydrogen-bond donors (Lipinski definition) is 1. The Hall–Kier alpha value is -4.15. The maximum Gasteiger partial charge on any atom is 0.296 e. The zero-order valence-electron chi connectivity index (χ0n) is 21.7. The number of aryl methyl sites for hydroxylation is 3. The second kappa shape index (κ2) is 10.5. The first kappa shape index (κ1) is 26.5. The number of ketones is 2. The van der Waals surface area contributed by atoms with E-state index in [1.165, 1.54) is 23.2 Å². The highest BCUT2D eigenvalue weighted by Crippen LogP contribution is 2.44. The molecule has 5 rings (SSSR count). The van der Waals surface area contributed by atoms with Crippen LogP contribution in [-0.2, 0) is 11.4 Å². The normalized spacial score (nSPS) is 15.2. The van der Waals surface area contributed by atoms with Crippen molar-refractivity contribution in [3.63, 3.8) is 0 Å². The van der Waals surface area contributed by atoms with Crippen molar-refractivity contribution < 1.29 is 24.2 Å². The molecule has 1 atom stereocenters. The van der Waals surface area contributed by atoms with Crippen molar-refractivity contribution in [3.05, 3.63) is 103 Å². The van der Waals surface area contributed by atoms with Crippen molar-refractivity contribution in [2.45, 2.75) is 40.3 Å². The molecule has 2 aromatic heterocycles. The summed E-state index contributed by atoms with van der Waals surface area (Å²) in [7, 11) is 0. The van der Waals surface area contributed by atoms with Crippen LogP contribution in [0.15, 0.2) is 65.9 Å². The Kier molecular flexibility index (Phi) is 7.16. The zero-order chi connectivity index (χ0) is 27.8. The number of carbonyl (C=O) groups is 3. The Morgan fingerprint density at radius 1 is 0.949 bits per heavy atom. The number of thiazole rings is 2. The molecule has 0 bridgehead atoms. The van der Waals surface area contributed by atoms with Crippen molar-refractivity contribution in [2.75, 3.05) is 4.90 Å². The standard InChI is InChI=1S/C29H25N3O5S2/c1-15-26(17(3)33)39-29(31-15)32-23(20-10-12-21(13-11-20)37-14-19-8-6-5-7-9-19)22(25(35)28(32)36)24(34)27-16(2)30-18(4)38-27/h5-13,23,35H,14H2,1-4H3. The molecule has 2 aromatic carbocycles. The number of Topliss-reactive ketones (excluding diaryl/α,β-unsaturated/α-hetero) is 2. The van der Waals surface area contributed by atoms with E-state index in [1.807, 2.05) is 30.3 Å². The van der Waals surface area contributed by atoms with Gasteiger partial charge in [0.1, 0.15) is 12.4 Å². The topological polar surface area (TPSA) is 110 Å². The molecule has 0 spiro atoms. The van der Waals surface area contributed by atoms with Gasteiger partial charge in [-0.15, -0.1) is 11.3 Å². The Labute approximate surface area is 233 Å². The molecule has 3 heterocycles. The Balaban J connectivity index is 1.55. The van der Waals surface area contributed by atoms with E-state index >= 15 is 0 Å². The average molecular weight is 560 g/mol. The molecule has 0 saturated heterocycles. The van der Waals surface area contributed by atoms with E-state index in [-0.39, 0.29) is 16.5 Å². The molecule has 4 aromatic rings. The Morgan fingerprint density at radius 2 is 1.62 bits per heavy atom. The van der Waals surface area contributed by atoms with Gasteiger partial charge in [0.2, 0.25) is 5.78 Å². The lowest BCUT2D eigenvalue weighted by molar-refractivity contribution is -0.117. The van der Waals surface area contributed by atoms with Gasteiger partial charge in [0.05, 0.1) is 37.8 Å². The van der Waals surface area contributed by atoms with Gasteiger partial charge in [-0.1, -0.05) is 53.8 Å². The molecule has 198 valence electrons. The summed E-state index contributed by atoms with van der Waals surface area (Å²) >= 11 is 2.27. The third kappa shape index (κ3) is 5.00. The van der Waals surface area contributed by atoms with Gasteiger partial charge in [-0.25, -0.2) is 9.97 Å². The van der Waals surface area contributed by atoms with E-state index in [2.05, 4.69) is 9.97 Å². The van der Waals surface area contributed by atoms with Gasteiger partial charge in [-0.05, 0) is 44.0 Å². The van der Waals surface area contributed by atoms with Crippen LogP contribution in [0.1, 0.15) is 59.8 Å². The van der Waals surface area contributed by atoms with Gasteiger partial charge in [0, 0.05) is 6.92 Å². The highest BCUT2D eigenvalue weighted by atomic mass is 32.1. The van der Waals surface area contributed by atoms with Crippen LogP contribution in [0.3, 0.4) is 0 Å². The van der Waals surface area contributed by atoms with Crippen molar-refractivity contribution in [1.29, 1.82) is 0 Å². The fourth-order valence-electron chi connectivity index (χ4n) is 4.51. The van der Waals surface area contributed by atoms with Crippen LogP contribution in [0.25, 0.3) is 0 Å². The SMILES string of the molecule is CC(=O)c1sc(N2C(=O)C(O)=C(C(=O)c3sc(C)nc3C)C2c2ccc(OCc3ccccc3)cc2)nc1C. The lowest BCUT2D eigenvalue weighted by Crippen LogP contribution is -2.31. The largest absolute Gasteiger partial charge is 0.503 e. The first-order valence-corrected chi connectivity index (χ1v) is 13.8. The van der Waals surface area contributed by atoms with Crippen LogP contribution >= 0.6 is 22.7 Å². The summed E-state index contributed by atoms with van der Waals surface area (Å²) < 4.78 is 5.91. The molecule has 0 radical (unpaired) electrons. The molecule has 8 nitrogen and oxygen atoms in total. The highest BCUT2D eigenvalue weighted by Gasteiger charge is 2.46. The number of ether oxygens (including phenoxy) is 1. The minimum absolute atomic E-state index is 0.0538. The number of rotatable bonds is 8. The third-order valence-corrected chi connectivity index (χ3v) is 8.65. The smallest absolute Gasteiger partial charge is 0.296 e. The Bertz CT molecular complexity index is 1620. The number of amides is 1. The zero-order valence-corrected chi connectivity index (χ0v) is 23.4. The second-order valence-electron chi connectivity index (χ2n) is 9.13. The highest BCUT2D eigenvalue weighted by molar-refractivity contribution is 7.18. The molecule has 0 fully saturated rings. The van der Waals surface area contributed by atoms with Crippen LogP contribution in [0.5, 0.6) is 5.75 Å². The number of aromatic nitrogens is 2. The van der Waals surface area contributed by atoms with Crippen molar-refractivity contribution in [1.82, 2.24) is 9.97 Å². The predicted molar refractivity (Wildman–Crippen MR) is 150 cm³/mol. The number of hydrogen-bond acceptors (Lipinski definition) is 9. The molecule has 0 saturated carbocycles. The number of aliphatic hydroxyl groups is 1. The summed E-state index contributed by atoms with van der Waals surface area (Å²) in [6.07, 6.45) is 0. The number of anilines is 1. The lowest BCUT2D eigenvalue weighted by atomic mass is 9.95. The van der Waals surface area contributed by atoms with E-state index in [4.69, 9.17) is 4.74 Å². The average Bonchev–Trinajstić information content (AvgIpc) is 3.55. The van der Waals surface area contributed by atoms with Crippen molar-refractivity contribution >= 4 is 45.3 Å². The molecule has 1 unspecified atom stereocenters. The summed E-state index contributed by atoms with van der Waals surface area (Å²) in [6, 6.07) is 15.8. The number of benzene rings is 2. The number of carbonyl (C=O) groups excluding carboxylic acids is 3. The second-order valence-corrected chi connectivity index (χ2v) is 11.3. The molecular weight excluding hydrogens is 534 g/mol. The molecule has 10 heteroatoms. The molecular formula is C29H25N3O5S2. The summed E-state index contributed by atoms with van der Waals surface area (Å²) in [5, 5.41) is 12.0. The monoisotopic (exact) mass is 559 g/mol. The van der Waals surface area contributed by atoms with Crippen molar-refractivity contribution in [3.8, 4) is 5.75 Å². The van der Waals surface area contributed by atoms with Gasteiger partial charge < -0.3 is 9.84 Å². The first-order chi connectivity index (χ1) is 18.7. The van der Waals surface area contributed by atoms with Crippen LogP contribution in [0, 0.1) is 20.8 Å². The molecule has 1 amide bonds. The van der Waals surface area contributed by atoms with Crippen LogP contribution in [0.2, 0.25) is 0 Å². The van der Waals surface area contributed by atoms with Crippen molar-refractivity contribution in [2.24, 2.45) is 0 Å². The van der Waals surface area contributed by atoms with E-state index in [1.54, 1.807) is 45.0 Å². The van der Waals surface area contributed by atoms with E-state index in [0.29, 0.717) is 44.1 Å². The molecule has 1 N–H and O–H groups in total. The van der Waals surface area contributed by atoms with E-state index < -0.39 is 23.5 Å². The Morgan fingerprint density at radius 3 is 2.21 bits per heavy atom. The summed E-state index contributed by atoms with van der Waals surface area (Å²) in [6.45, 7) is 7.02. The summed E-state index contributed by atoms with van der Waals surface area (Å²) in [5.41, 5.74) is 2.55. The minimum Gasteiger partial charge on any atom is -0.503 e. The lowest BCUT2D eigenvalue weighted by Gasteiger charge is -2.24. The first-order valence-electron chi connectivity index (χ1n) is 12.2. The third-order valence-electron chi connectivity index (χ3n) is 6.32. The van der Waals surface area contributed by atoms with E-state index in [0.717, 1.165) is 16.9 Å². The van der Waals surface area contributed by atoms with Gasteiger partial charge in [-0.3, -0.25) is 19.3 Å². The molecule has 0 aliphatic carbocycles. The molecule has 39 heavy (non-hydrogen) atoms. The maximum atomic E-state index is 13.8. The molecule has 1 aliphatic heterocycles. The van der Waals surface area contributed by atoms with E-state index in [9.17, 15) is 19.5 Å². The summed E-state index contributed by atoms with van der Waals surface area (Å²) in [4.78, 5) is 50.2. The minimum atomic E-state index is -0.958. The van der Waals surface area contributed by atoms with Gasteiger partial charge >= 0.3 is 0 Å². The molecule has 1 aliphatic rings. The fraction of sp³-hybridized carbons (Fsp3) is 0.207. The quantitative estimate of drug-likeness (QED) is 0.260. The van der Waals surface area contributed by atoms with Crippen LogP contribution in [0.4, 0.5) is 5.13 Å². The van der Waals surface area contributed by atoms with Gasteiger partial charge in [0.15, 0.2) is 16.7 Å². The fourth-order valence-corrected chi connectivity index (χ4v) is 6.38. The van der Waals surface area contributed by atoms with Crippen LogP contribution in [-0.4, -0.2) is 32.5 Å². The predicted octanol–water partition coefficient (Wildman–Crippen LogP) is 6.09. The van der Waals surface area contributed by atoms with Gasteiger partial charge in [0.25, 0.3) is 5.91 Å². The number of aliphatic hydroxyl groups excluding tert-OH is 1. The van der Waals surface area contributed by atoms with Crippen LogP contribution < -0.4 is 9.64 Å². The maximum absolute atomic E-state index is 13.8.